The second-order valence-corrected chi connectivity index (χ2v) is 5.46. The van der Waals surface area contributed by atoms with E-state index in [0.717, 1.165) is 12.1 Å². The largest absolute Gasteiger partial charge is 0.320 e. The van der Waals surface area contributed by atoms with Crippen LogP contribution in [0.5, 0.6) is 0 Å². The quantitative estimate of drug-likeness (QED) is 0.824. The van der Waals surface area contributed by atoms with Gasteiger partial charge in [0.2, 0.25) is 0 Å². The molecule has 0 spiro atoms. The SMILES string of the molecule is CC1CCCC(C)N1Cc1ccccc1C#CCN. The Morgan fingerprint density at radius 2 is 1.89 bits per heavy atom. The smallest absolute Gasteiger partial charge is 0.0555 e. The van der Waals surface area contributed by atoms with E-state index in [2.05, 4.69) is 48.8 Å². The van der Waals surface area contributed by atoms with E-state index in [1.807, 2.05) is 6.07 Å². The van der Waals surface area contributed by atoms with Gasteiger partial charge < -0.3 is 5.73 Å². The zero-order valence-corrected chi connectivity index (χ0v) is 12.0. The Morgan fingerprint density at radius 1 is 1.21 bits per heavy atom. The van der Waals surface area contributed by atoms with Crippen molar-refractivity contribution < 1.29 is 0 Å². The zero-order valence-electron chi connectivity index (χ0n) is 12.0. The van der Waals surface area contributed by atoms with Crippen LogP contribution in [0, 0.1) is 11.8 Å². The fourth-order valence-electron chi connectivity index (χ4n) is 2.91. The van der Waals surface area contributed by atoms with Gasteiger partial charge in [0.1, 0.15) is 0 Å². The summed E-state index contributed by atoms with van der Waals surface area (Å²) in [6.45, 7) is 6.09. The lowest BCUT2D eigenvalue weighted by atomic mass is 9.96. The lowest BCUT2D eigenvalue weighted by Crippen LogP contribution is -2.43. The third-order valence-corrected chi connectivity index (χ3v) is 4.07. The molecule has 0 aliphatic carbocycles. The average Bonchev–Trinajstić information content (AvgIpc) is 2.42. The van der Waals surface area contributed by atoms with Crippen molar-refractivity contribution in [2.75, 3.05) is 6.54 Å². The lowest BCUT2D eigenvalue weighted by molar-refractivity contribution is 0.0952. The van der Waals surface area contributed by atoms with Gasteiger partial charge in [0.15, 0.2) is 0 Å². The maximum atomic E-state index is 5.47. The van der Waals surface area contributed by atoms with Gasteiger partial charge in [-0.25, -0.2) is 0 Å². The van der Waals surface area contributed by atoms with E-state index in [0.29, 0.717) is 18.6 Å². The Kier molecular flexibility index (Phi) is 5.01. The maximum absolute atomic E-state index is 5.47. The number of nitrogens with zero attached hydrogens (tertiary/aromatic N) is 1. The van der Waals surface area contributed by atoms with E-state index in [1.54, 1.807) is 0 Å². The summed E-state index contributed by atoms with van der Waals surface area (Å²) < 4.78 is 0. The Bertz CT molecular complexity index is 460. The Balaban J connectivity index is 2.18. The molecule has 1 saturated heterocycles. The molecule has 1 aromatic carbocycles. The maximum Gasteiger partial charge on any atom is 0.0555 e. The van der Waals surface area contributed by atoms with Crippen molar-refractivity contribution >= 4 is 0 Å². The molecule has 0 amide bonds. The number of benzene rings is 1. The second-order valence-electron chi connectivity index (χ2n) is 5.46. The minimum atomic E-state index is 0.421. The monoisotopic (exact) mass is 256 g/mol. The molecule has 1 heterocycles. The number of hydrogen-bond donors (Lipinski definition) is 1. The Labute approximate surface area is 117 Å². The highest BCUT2D eigenvalue weighted by Gasteiger charge is 2.24. The van der Waals surface area contributed by atoms with E-state index in [9.17, 15) is 0 Å². The van der Waals surface area contributed by atoms with Crippen LogP contribution in [0.15, 0.2) is 24.3 Å². The standard InChI is InChI=1S/C17H24N2/c1-14-7-5-8-15(2)19(14)13-17-10-4-3-9-16(17)11-6-12-18/h3-4,9-10,14-15H,5,7-8,12-13,18H2,1-2H3. The summed E-state index contributed by atoms with van der Waals surface area (Å²) >= 11 is 0. The van der Waals surface area contributed by atoms with Crippen LogP contribution in [0.4, 0.5) is 0 Å². The molecule has 0 saturated carbocycles. The van der Waals surface area contributed by atoms with E-state index < -0.39 is 0 Å². The molecule has 2 nitrogen and oxygen atoms in total. The van der Waals surface area contributed by atoms with Gasteiger partial charge in [0, 0.05) is 24.2 Å². The molecule has 102 valence electrons. The van der Waals surface area contributed by atoms with Gasteiger partial charge in [0.25, 0.3) is 0 Å². The van der Waals surface area contributed by atoms with Gasteiger partial charge in [-0.3, -0.25) is 4.90 Å². The van der Waals surface area contributed by atoms with Gasteiger partial charge in [-0.05, 0) is 38.3 Å². The van der Waals surface area contributed by atoms with E-state index in [4.69, 9.17) is 5.73 Å². The molecule has 0 aromatic heterocycles. The van der Waals surface area contributed by atoms with Crippen LogP contribution in [-0.2, 0) is 6.54 Å². The molecular formula is C17H24N2. The molecule has 0 radical (unpaired) electrons. The predicted octanol–water partition coefficient (Wildman–Crippen LogP) is 2.76. The minimum absolute atomic E-state index is 0.421. The molecule has 1 aliphatic heterocycles. The first-order valence-corrected chi connectivity index (χ1v) is 7.25. The van der Waals surface area contributed by atoms with Crippen LogP contribution in [-0.4, -0.2) is 23.5 Å². The number of hydrogen-bond acceptors (Lipinski definition) is 2. The van der Waals surface area contributed by atoms with Crippen molar-refractivity contribution in [3.05, 3.63) is 35.4 Å². The highest BCUT2D eigenvalue weighted by Crippen LogP contribution is 2.25. The van der Waals surface area contributed by atoms with Crippen molar-refractivity contribution in [2.45, 2.75) is 51.7 Å². The highest BCUT2D eigenvalue weighted by atomic mass is 15.2. The van der Waals surface area contributed by atoms with Crippen molar-refractivity contribution in [1.82, 2.24) is 4.90 Å². The summed E-state index contributed by atoms with van der Waals surface area (Å²) in [6.07, 6.45) is 3.97. The van der Waals surface area contributed by atoms with Crippen molar-refractivity contribution in [1.29, 1.82) is 0 Å². The van der Waals surface area contributed by atoms with Gasteiger partial charge >= 0.3 is 0 Å². The fourth-order valence-corrected chi connectivity index (χ4v) is 2.91. The zero-order chi connectivity index (χ0) is 13.7. The Hall–Kier alpha value is -1.30. The third-order valence-electron chi connectivity index (χ3n) is 4.07. The molecule has 1 aromatic rings. The number of nitrogens with two attached hydrogens (primary N) is 1. The number of piperidine rings is 1. The molecule has 1 aliphatic rings. The lowest BCUT2D eigenvalue weighted by Gasteiger charge is -2.39. The summed E-state index contributed by atoms with van der Waals surface area (Å²) in [5, 5.41) is 0. The van der Waals surface area contributed by atoms with E-state index >= 15 is 0 Å². The Morgan fingerprint density at radius 3 is 2.58 bits per heavy atom. The average molecular weight is 256 g/mol. The van der Waals surface area contributed by atoms with Crippen LogP contribution in [0.3, 0.4) is 0 Å². The van der Waals surface area contributed by atoms with Crippen molar-refractivity contribution in [2.24, 2.45) is 5.73 Å². The van der Waals surface area contributed by atoms with Crippen LogP contribution < -0.4 is 5.73 Å². The van der Waals surface area contributed by atoms with Gasteiger partial charge in [-0.2, -0.15) is 0 Å². The minimum Gasteiger partial charge on any atom is -0.320 e. The summed E-state index contributed by atoms with van der Waals surface area (Å²) in [4.78, 5) is 2.60. The molecule has 0 bridgehead atoms. The molecule has 2 rings (SSSR count). The van der Waals surface area contributed by atoms with Crippen LogP contribution in [0.25, 0.3) is 0 Å². The summed E-state index contributed by atoms with van der Waals surface area (Å²) in [6, 6.07) is 9.76. The molecule has 2 unspecified atom stereocenters. The molecular weight excluding hydrogens is 232 g/mol. The van der Waals surface area contributed by atoms with Crippen LogP contribution in [0.2, 0.25) is 0 Å². The summed E-state index contributed by atoms with van der Waals surface area (Å²) in [7, 11) is 0. The molecule has 19 heavy (non-hydrogen) atoms. The van der Waals surface area contributed by atoms with Crippen molar-refractivity contribution in [3.8, 4) is 11.8 Å². The van der Waals surface area contributed by atoms with E-state index in [-0.39, 0.29) is 0 Å². The van der Waals surface area contributed by atoms with Crippen LogP contribution in [0.1, 0.15) is 44.2 Å². The predicted molar refractivity (Wildman–Crippen MR) is 80.7 cm³/mol. The third kappa shape index (κ3) is 3.59. The topological polar surface area (TPSA) is 29.3 Å². The molecule has 1 fully saturated rings. The fraction of sp³-hybridized carbons (Fsp3) is 0.529. The van der Waals surface area contributed by atoms with Gasteiger partial charge in [-0.1, -0.05) is 36.5 Å². The normalized spacial score (nSPS) is 23.7. The summed E-state index contributed by atoms with van der Waals surface area (Å²) in [5.74, 6) is 6.15. The van der Waals surface area contributed by atoms with Gasteiger partial charge in [-0.15, -0.1) is 0 Å². The first kappa shape index (κ1) is 14.1. The molecule has 2 heteroatoms. The number of rotatable bonds is 2. The van der Waals surface area contributed by atoms with Crippen molar-refractivity contribution in [3.63, 3.8) is 0 Å². The van der Waals surface area contributed by atoms with Gasteiger partial charge in [0.05, 0.1) is 6.54 Å². The highest BCUT2D eigenvalue weighted by molar-refractivity contribution is 5.41. The first-order chi connectivity index (χ1) is 9.22. The summed E-state index contributed by atoms with van der Waals surface area (Å²) in [5.41, 5.74) is 7.92. The molecule has 2 N–H and O–H groups in total. The van der Waals surface area contributed by atoms with Crippen LogP contribution >= 0.6 is 0 Å². The van der Waals surface area contributed by atoms with E-state index in [1.165, 1.54) is 24.8 Å². The second kappa shape index (κ2) is 6.75. The number of likely N-dealkylation sites (tertiary alicyclic amines) is 1. The molecule has 2 atom stereocenters. The first-order valence-electron chi connectivity index (χ1n) is 7.25.